The van der Waals surface area contributed by atoms with E-state index in [0.717, 1.165) is 25.7 Å². The topological polar surface area (TPSA) is 78.6 Å². The average Bonchev–Trinajstić information content (AvgIpc) is 3.12. The number of carbonyl (C=O) groups is 2. The molecule has 0 heterocycles. The zero-order valence-corrected chi connectivity index (χ0v) is 34.4. The minimum atomic E-state index is -0.767. The molecule has 3 atom stereocenters. The van der Waals surface area contributed by atoms with Crippen LogP contribution in [0.25, 0.3) is 0 Å². The molecule has 0 aliphatic carbocycles. The molecule has 298 valence electrons. The van der Waals surface area contributed by atoms with Gasteiger partial charge in [-0.15, -0.1) is 0 Å². The fraction of sp³-hybridized carbons (Fsp3) is 0.956. The summed E-state index contributed by atoms with van der Waals surface area (Å²) in [5.74, 6) is 0.255. The zero-order chi connectivity index (χ0) is 36.8. The van der Waals surface area contributed by atoms with Crippen LogP contribution in [0, 0.1) is 11.8 Å². The maximum Gasteiger partial charge on any atom is 0.322 e. The second kappa shape index (κ2) is 39.1. The predicted octanol–water partition coefficient (Wildman–Crippen LogP) is 14.0. The first-order valence-corrected chi connectivity index (χ1v) is 22.6. The molecule has 50 heavy (non-hydrogen) atoms. The van der Waals surface area contributed by atoms with Gasteiger partial charge in [0.1, 0.15) is 6.04 Å². The van der Waals surface area contributed by atoms with Crippen molar-refractivity contribution in [1.29, 1.82) is 0 Å². The lowest BCUT2D eigenvalue weighted by atomic mass is 9.94. The van der Waals surface area contributed by atoms with Crippen molar-refractivity contribution in [3.8, 4) is 0 Å². The minimum Gasteiger partial charge on any atom is -0.465 e. The molecule has 2 unspecified atom stereocenters. The molecule has 0 rings (SSSR count). The highest BCUT2D eigenvalue weighted by molar-refractivity contribution is 5.77. The molecule has 0 saturated carbocycles. The molecule has 0 spiro atoms. The van der Waals surface area contributed by atoms with Crippen LogP contribution in [0.4, 0.5) is 0 Å². The van der Waals surface area contributed by atoms with Gasteiger partial charge in [0.2, 0.25) is 0 Å². The van der Waals surface area contributed by atoms with Crippen molar-refractivity contribution in [3.05, 3.63) is 0 Å². The molecule has 0 bridgehead atoms. The van der Waals surface area contributed by atoms with E-state index in [9.17, 15) is 9.59 Å². The minimum absolute atomic E-state index is 0.178. The average molecular weight is 708 g/mol. The summed E-state index contributed by atoms with van der Waals surface area (Å²) in [7, 11) is 0. The Bertz CT molecular complexity index is 713. The molecular weight excluding hydrogens is 618 g/mol. The Hall–Kier alpha value is -1.10. The third-order valence-corrected chi connectivity index (χ3v) is 10.8. The van der Waals surface area contributed by atoms with E-state index in [1.807, 2.05) is 0 Å². The molecule has 0 amide bonds. The second-order valence-corrected chi connectivity index (χ2v) is 15.8. The van der Waals surface area contributed by atoms with Gasteiger partial charge in [-0.25, -0.2) is 0 Å². The fourth-order valence-electron chi connectivity index (χ4n) is 7.16. The third-order valence-electron chi connectivity index (χ3n) is 10.8. The van der Waals surface area contributed by atoms with Crippen LogP contribution in [-0.2, 0) is 19.1 Å². The van der Waals surface area contributed by atoms with Gasteiger partial charge in [-0.05, 0) is 43.9 Å². The van der Waals surface area contributed by atoms with Crippen LogP contribution in [0.15, 0.2) is 0 Å². The van der Waals surface area contributed by atoms with Crippen molar-refractivity contribution in [2.75, 3.05) is 13.2 Å². The van der Waals surface area contributed by atoms with Gasteiger partial charge in [-0.3, -0.25) is 9.59 Å². The normalized spacial score (nSPS) is 13.3. The van der Waals surface area contributed by atoms with Crippen molar-refractivity contribution < 1.29 is 19.1 Å². The molecular formula is C45H89NO4. The Morgan fingerprint density at radius 3 is 1.00 bits per heavy atom. The van der Waals surface area contributed by atoms with E-state index in [1.165, 1.54) is 180 Å². The standard InChI is InChI=1S/C45H89NO4/c1-5-9-13-17-21-23-27-31-34-41(33-29-25-19-15-11-7-3)39-49-44(47)38-37-43(46)45(48)50-40-42(35-30-26-20-16-12-8-4)36-32-28-24-22-18-14-10-6-2/h41-43H,5-40,46H2,1-4H3/t41?,42?,43-/m0/s1. The molecule has 0 saturated heterocycles. The number of ether oxygens (including phenoxy) is 2. The number of rotatable bonds is 40. The van der Waals surface area contributed by atoms with Gasteiger partial charge in [0, 0.05) is 6.42 Å². The van der Waals surface area contributed by atoms with Crippen LogP contribution in [0.5, 0.6) is 0 Å². The van der Waals surface area contributed by atoms with Crippen LogP contribution in [0.1, 0.15) is 246 Å². The Kier molecular flexibility index (Phi) is 38.3. The zero-order valence-electron chi connectivity index (χ0n) is 34.4. The Balaban J connectivity index is 4.57. The number of hydrogen-bond donors (Lipinski definition) is 1. The maximum atomic E-state index is 12.8. The van der Waals surface area contributed by atoms with E-state index < -0.39 is 6.04 Å². The highest BCUT2D eigenvalue weighted by Crippen LogP contribution is 2.22. The monoisotopic (exact) mass is 708 g/mol. The largest absolute Gasteiger partial charge is 0.465 e. The Morgan fingerprint density at radius 1 is 0.400 bits per heavy atom. The highest BCUT2D eigenvalue weighted by Gasteiger charge is 2.20. The van der Waals surface area contributed by atoms with Gasteiger partial charge in [-0.2, -0.15) is 0 Å². The van der Waals surface area contributed by atoms with Crippen molar-refractivity contribution >= 4 is 11.9 Å². The Labute approximate surface area is 313 Å². The van der Waals surface area contributed by atoms with E-state index in [-0.39, 0.29) is 24.8 Å². The lowest BCUT2D eigenvalue weighted by Gasteiger charge is -2.19. The predicted molar refractivity (Wildman–Crippen MR) is 217 cm³/mol. The molecule has 0 radical (unpaired) electrons. The molecule has 0 aromatic heterocycles. The molecule has 5 heteroatoms. The maximum absolute atomic E-state index is 12.8. The molecule has 0 fully saturated rings. The quantitative estimate of drug-likeness (QED) is 0.0506. The Morgan fingerprint density at radius 2 is 0.680 bits per heavy atom. The SMILES string of the molecule is CCCCCCCCCCC(CCCCCCCC)COC(=O)CC[C@H](N)C(=O)OCC(CCCCCCCC)CCCCCCCCCC. The molecule has 5 nitrogen and oxygen atoms in total. The first kappa shape index (κ1) is 48.9. The summed E-state index contributed by atoms with van der Waals surface area (Å²) < 4.78 is 11.5. The van der Waals surface area contributed by atoms with Gasteiger partial charge < -0.3 is 15.2 Å². The summed E-state index contributed by atoms with van der Waals surface area (Å²) in [5.41, 5.74) is 6.23. The van der Waals surface area contributed by atoms with Crippen LogP contribution in [0.3, 0.4) is 0 Å². The van der Waals surface area contributed by atoms with E-state index in [0.29, 0.717) is 25.0 Å². The smallest absolute Gasteiger partial charge is 0.322 e. The van der Waals surface area contributed by atoms with Gasteiger partial charge in [0.05, 0.1) is 13.2 Å². The van der Waals surface area contributed by atoms with Crippen molar-refractivity contribution in [3.63, 3.8) is 0 Å². The third kappa shape index (κ3) is 34.0. The van der Waals surface area contributed by atoms with Crippen LogP contribution in [0.2, 0.25) is 0 Å². The number of nitrogens with two attached hydrogens (primary N) is 1. The lowest BCUT2D eigenvalue weighted by Crippen LogP contribution is -2.34. The number of hydrogen-bond acceptors (Lipinski definition) is 5. The number of unbranched alkanes of at least 4 members (excludes halogenated alkanes) is 24. The van der Waals surface area contributed by atoms with Gasteiger partial charge in [-0.1, -0.05) is 207 Å². The van der Waals surface area contributed by atoms with Crippen LogP contribution >= 0.6 is 0 Å². The highest BCUT2D eigenvalue weighted by atomic mass is 16.5. The van der Waals surface area contributed by atoms with Crippen molar-refractivity contribution in [2.24, 2.45) is 17.6 Å². The summed E-state index contributed by atoms with van der Waals surface area (Å²) in [4.78, 5) is 25.6. The summed E-state index contributed by atoms with van der Waals surface area (Å²) in [6, 6.07) is -0.767. The van der Waals surface area contributed by atoms with E-state index in [1.54, 1.807) is 0 Å². The second-order valence-electron chi connectivity index (χ2n) is 15.8. The van der Waals surface area contributed by atoms with E-state index in [2.05, 4.69) is 27.7 Å². The van der Waals surface area contributed by atoms with Gasteiger partial charge in [0.15, 0.2) is 0 Å². The fourth-order valence-corrected chi connectivity index (χ4v) is 7.16. The molecule has 2 N–H and O–H groups in total. The van der Waals surface area contributed by atoms with Crippen LogP contribution in [-0.4, -0.2) is 31.2 Å². The number of esters is 2. The van der Waals surface area contributed by atoms with E-state index in [4.69, 9.17) is 15.2 Å². The van der Waals surface area contributed by atoms with Crippen LogP contribution < -0.4 is 5.73 Å². The van der Waals surface area contributed by atoms with E-state index >= 15 is 0 Å². The summed E-state index contributed by atoms with van der Waals surface area (Å²) >= 11 is 0. The summed E-state index contributed by atoms with van der Waals surface area (Å²) in [6.07, 6.45) is 41.5. The van der Waals surface area contributed by atoms with Crippen molar-refractivity contribution in [1.82, 2.24) is 0 Å². The number of carbonyl (C=O) groups excluding carboxylic acids is 2. The molecule has 0 aliphatic heterocycles. The summed E-state index contributed by atoms with van der Waals surface area (Å²) in [6.45, 7) is 10.0. The van der Waals surface area contributed by atoms with Gasteiger partial charge >= 0.3 is 11.9 Å². The van der Waals surface area contributed by atoms with Crippen molar-refractivity contribution in [2.45, 2.75) is 252 Å². The molecule has 0 aliphatic rings. The lowest BCUT2D eigenvalue weighted by molar-refractivity contribution is -0.148. The first-order valence-electron chi connectivity index (χ1n) is 22.6. The van der Waals surface area contributed by atoms with Gasteiger partial charge in [0.25, 0.3) is 0 Å². The summed E-state index contributed by atoms with van der Waals surface area (Å²) in [5, 5.41) is 0. The molecule has 0 aromatic carbocycles. The first-order chi connectivity index (χ1) is 24.5. The molecule has 0 aromatic rings.